The summed E-state index contributed by atoms with van der Waals surface area (Å²) in [7, 11) is 0. The molecule has 10 heteroatoms. The van der Waals surface area contributed by atoms with E-state index >= 15 is 0 Å². The molecule has 29 heavy (non-hydrogen) atoms. The maximum atomic E-state index is 12.9. The first-order valence-electron chi connectivity index (χ1n) is 8.05. The SMILES string of the molecule is O=C(O)COc1cccc(/C=C2/SC(=O)N(c3cccc(C(F)(F)F)c3)C2=O)c1. The Balaban J connectivity index is 1.86. The minimum atomic E-state index is -4.61. The van der Waals surface area contributed by atoms with Crippen LogP contribution in [0.1, 0.15) is 11.1 Å². The van der Waals surface area contributed by atoms with Crippen molar-refractivity contribution in [2.75, 3.05) is 11.5 Å². The Bertz CT molecular complexity index is 1020. The highest BCUT2D eigenvalue weighted by Gasteiger charge is 2.38. The van der Waals surface area contributed by atoms with Gasteiger partial charge in [-0.25, -0.2) is 9.69 Å². The van der Waals surface area contributed by atoms with Gasteiger partial charge in [-0.05, 0) is 53.7 Å². The van der Waals surface area contributed by atoms with Crippen molar-refractivity contribution in [1.29, 1.82) is 0 Å². The number of carboxylic acids is 1. The van der Waals surface area contributed by atoms with Crippen LogP contribution in [0.15, 0.2) is 53.4 Å². The number of thioether (sulfide) groups is 1. The van der Waals surface area contributed by atoms with Gasteiger partial charge in [-0.2, -0.15) is 13.2 Å². The summed E-state index contributed by atoms with van der Waals surface area (Å²) >= 11 is 0.591. The van der Waals surface area contributed by atoms with E-state index in [0.717, 1.165) is 18.2 Å². The highest BCUT2D eigenvalue weighted by molar-refractivity contribution is 8.19. The topological polar surface area (TPSA) is 83.9 Å². The second kappa shape index (κ2) is 8.00. The molecule has 2 amide bonds. The van der Waals surface area contributed by atoms with Gasteiger partial charge >= 0.3 is 12.1 Å². The Morgan fingerprint density at radius 1 is 1.14 bits per heavy atom. The van der Waals surface area contributed by atoms with Gasteiger partial charge in [0.05, 0.1) is 16.2 Å². The number of aliphatic carboxylic acids is 1. The summed E-state index contributed by atoms with van der Waals surface area (Å²) in [5, 5.41) is 7.92. The fourth-order valence-corrected chi connectivity index (χ4v) is 3.34. The number of amides is 2. The van der Waals surface area contributed by atoms with E-state index in [9.17, 15) is 27.6 Å². The molecule has 2 aromatic carbocycles. The molecule has 150 valence electrons. The molecule has 1 fully saturated rings. The number of rotatable bonds is 5. The van der Waals surface area contributed by atoms with Crippen molar-refractivity contribution in [2.45, 2.75) is 6.18 Å². The zero-order valence-corrected chi connectivity index (χ0v) is 15.3. The summed E-state index contributed by atoms with van der Waals surface area (Å²) < 4.78 is 43.8. The van der Waals surface area contributed by atoms with Crippen molar-refractivity contribution in [3.8, 4) is 5.75 Å². The maximum absolute atomic E-state index is 12.9. The first kappa shape index (κ1) is 20.5. The Labute approximate surface area is 166 Å². The molecular weight excluding hydrogens is 411 g/mol. The van der Waals surface area contributed by atoms with E-state index in [1.54, 1.807) is 12.1 Å². The van der Waals surface area contributed by atoms with Crippen LogP contribution in [0.4, 0.5) is 23.7 Å². The molecule has 6 nitrogen and oxygen atoms in total. The molecule has 0 bridgehead atoms. The molecule has 0 aromatic heterocycles. The molecule has 0 unspecified atom stereocenters. The standard InChI is InChI=1S/C19H12F3NO5S/c20-19(21,22)12-4-2-5-13(9-12)23-17(26)15(29-18(23)27)8-11-3-1-6-14(7-11)28-10-16(24)25/h1-9H,10H2,(H,24,25)/b15-8+. The van der Waals surface area contributed by atoms with Crippen molar-refractivity contribution in [3.05, 3.63) is 64.6 Å². The first-order chi connectivity index (χ1) is 13.6. The maximum Gasteiger partial charge on any atom is 0.416 e. The van der Waals surface area contributed by atoms with Gasteiger partial charge in [-0.1, -0.05) is 18.2 Å². The van der Waals surface area contributed by atoms with Crippen LogP contribution in [0.2, 0.25) is 0 Å². The Kier molecular flexibility index (Phi) is 5.64. The van der Waals surface area contributed by atoms with Crippen molar-refractivity contribution in [3.63, 3.8) is 0 Å². The molecule has 1 saturated heterocycles. The summed E-state index contributed by atoms with van der Waals surface area (Å²) in [4.78, 5) is 36.1. The predicted molar refractivity (Wildman–Crippen MR) is 99.5 cm³/mol. The van der Waals surface area contributed by atoms with Gasteiger partial charge in [0.2, 0.25) is 0 Å². The van der Waals surface area contributed by atoms with Crippen LogP contribution in [-0.4, -0.2) is 28.8 Å². The number of carbonyl (C=O) groups excluding carboxylic acids is 2. The van der Waals surface area contributed by atoms with Crippen LogP contribution in [0.5, 0.6) is 5.75 Å². The van der Waals surface area contributed by atoms with Crippen molar-refractivity contribution in [2.24, 2.45) is 0 Å². The summed E-state index contributed by atoms with van der Waals surface area (Å²) in [5.74, 6) is -1.66. The van der Waals surface area contributed by atoms with Crippen LogP contribution >= 0.6 is 11.8 Å². The van der Waals surface area contributed by atoms with Crippen molar-refractivity contribution in [1.82, 2.24) is 0 Å². The second-order valence-electron chi connectivity index (χ2n) is 5.82. The first-order valence-corrected chi connectivity index (χ1v) is 8.86. The highest BCUT2D eigenvalue weighted by Crippen LogP contribution is 2.38. The van der Waals surface area contributed by atoms with Gasteiger partial charge in [-0.3, -0.25) is 9.59 Å². The van der Waals surface area contributed by atoms with E-state index in [4.69, 9.17) is 9.84 Å². The number of ether oxygens (including phenoxy) is 1. The fourth-order valence-electron chi connectivity index (χ4n) is 2.50. The van der Waals surface area contributed by atoms with Gasteiger partial charge in [0.15, 0.2) is 6.61 Å². The van der Waals surface area contributed by atoms with Gasteiger partial charge in [0, 0.05) is 0 Å². The third kappa shape index (κ3) is 4.77. The number of hydrogen-bond donors (Lipinski definition) is 1. The van der Waals surface area contributed by atoms with Crippen LogP contribution in [0.3, 0.4) is 0 Å². The number of carboxylic acid groups (broad SMARTS) is 1. The summed E-state index contributed by atoms with van der Waals surface area (Å²) in [6, 6.07) is 10.1. The van der Waals surface area contributed by atoms with Crippen LogP contribution < -0.4 is 9.64 Å². The third-order valence-corrected chi connectivity index (χ3v) is 4.61. The molecule has 0 atom stereocenters. The zero-order valence-electron chi connectivity index (χ0n) is 14.5. The molecule has 2 aromatic rings. The van der Waals surface area contributed by atoms with Crippen LogP contribution in [0, 0.1) is 0 Å². The van der Waals surface area contributed by atoms with Crippen LogP contribution in [0.25, 0.3) is 6.08 Å². The molecule has 1 aliphatic rings. The Morgan fingerprint density at radius 3 is 2.55 bits per heavy atom. The largest absolute Gasteiger partial charge is 0.482 e. The average molecular weight is 423 g/mol. The summed E-state index contributed by atoms with van der Waals surface area (Å²) in [6.45, 7) is -0.546. The van der Waals surface area contributed by atoms with Crippen molar-refractivity contribution >= 4 is 40.6 Å². The van der Waals surface area contributed by atoms with Crippen LogP contribution in [-0.2, 0) is 15.8 Å². The van der Waals surface area contributed by atoms with E-state index < -0.39 is 35.5 Å². The predicted octanol–water partition coefficient (Wildman–Crippen LogP) is 4.41. The quantitative estimate of drug-likeness (QED) is 0.718. The fraction of sp³-hybridized carbons (Fsp3) is 0.105. The zero-order chi connectivity index (χ0) is 21.2. The van der Waals surface area contributed by atoms with E-state index in [0.29, 0.717) is 22.2 Å². The average Bonchev–Trinajstić information content (AvgIpc) is 2.93. The molecule has 1 aliphatic heterocycles. The molecule has 3 rings (SSSR count). The molecule has 0 saturated carbocycles. The number of hydrogen-bond acceptors (Lipinski definition) is 5. The Hall–Kier alpha value is -3.27. The minimum absolute atomic E-state index is 0.0165. The van der Waals surface area contributed by atoms with Gasteiger partial charge < -0.3 is 9.84 Å². The second-order valence-corrected chi connectivity index (χ2v) is 6.81. The Morgan fingerprint density at radius 2 is 1.86 bits per heavy atom. The van der Waals surface area contributed by atoms with Crippen molar-refractivity contribution < 1.29 is 37.4 Å². The highest BCUT2D eigenvalue weighted by atomic mass is 32.2. The molecule has 0 radical (unpaired) electrons. The molecule has 1 N–H and O–H groups in total. The number of imide groups is 1. The van der Waals surface area contributed by atoms with E-state index in [-0.39, 0.29) is 16.3 Å². The lowest BCUT2D eigenvalue weighted by Crippen LogP contribution is -2.28. The van der Waals surface area contributed by atoms with Gasteiger partial charge in [0.1, 0.15) is 5.75 Å². The number of carbonyl (C=O) groups is 3. The summed E-state index contributed by atoms with van der Waals surface area (Å²) in [5.41, 5.74) is -0.687. The molecular formula is C19H12F3NO5S. The number of nitrogens with zero attached hydrogens (tertiary/aromatic N) is 1. The lowest BCUT2D eigenvalue weighted by atomic mass is 10.1. The normalized spacial score (nSPS) is 15.8. The number of alkyl halides is 3. The molecule has 0 spiro atoms. The number of anilines is 1. The summed E-state index contributed by atoms with van der Waals surface area (Å²) in [6.07, 6.45) is -3.23. The smallest absolute Gasteiger partial charge is 0.416 e. The lowest BCUT2D eigenvalue weighted by Gasteiger charge is -2.14. The lowest BCUT2D eigenvalue weighted by molar-refractivity contribution is -0.139. The number of benzene rings is 2. The number of halogens is 3. The van der Waals surface area contributed by atoms with Gasteiger partial charge in [-0.15, -0.1) is 0 Å². The van der Waals surface area contributed by atoms with E-state index in [1.807, 2.05) is 0 Å². The monoisotopic (exact) mass is 423 g/mol. The molecule has 0 aliphatic carbocycles. The third-order valence-electron chi connectivity index (χ3n) is 3.74. The molecule has 1 heterocycles. The van der Waals surface area contributed by atoms with E-state index in [2.05, 4.69) is 0 Å². The minimum Gasteiger partial charge on any atom is -0.482 e. The van der Waals surface area contributed by atoms with E-state index in [1.165, 1.54) is 24.3 Å². The van der Waals surface area contributed by atoms with Gasteiger partial charge in [0.25, 0.3) is 11.1 Å².